The molecule has 0 heterocycles. The van der Waals surface area contributed by atoms with E-state index in [1.54, 1.807) is 18.7 Å². The van der Waals surface area contributed by atoms with Crippen molar-refractivity contribution in [3.05, 3.63) is 34.3 Å². The van der Waals surface area contributed by atoms with Gasteiger partial charge in [0.25, 0.3) is 0 Å². The molecule has 0 bridgehead atoms. The van der Waals surface area contributed by atoms with Crippen LogP contribution in [0.5, 0.6) is 0 Å². The van der Waals surface area contributed by atoms with Crippen molar-refractivity contribution in [2.75, 3.05) is 13.1 Å². The van der Waals surface area contributed by atoms with Crippen LogP contribution in [-0.4, -0.2) is 34.6 Å². The fourth-order valence-corrected chi connectivity index (χ4v) is 2.17. The summed E-state index contributed by atoms with van der Waals surface area (Å²) in [5.74, 6) is 0.0903. The van der Waals surface area contributed by atoms with Gasteiger partial charge in [0.1, 0.15) is 0 Å². The smallest absolute Gasteiger partial charge is 0.222 e. The summed E-state index contributed by atoms with van der Waals surface area (Å²) in [4.78, 5) is 13.8. The van der Waals surface area contributed by atoms with Crippen LogP contribution < -0.4 is 0 Å². The molecule has 106 valence electrons. The number of aliphatic hydroxyl groups is 1. The summed E-state index contributed by atoms with van der Waals surface area (Å²) < 4.78 is 1.04. The lowest BCUT2D eigenvalue weighted by atomic mass is 10.1. The molecule has 0 aliphatic rings. The Morgan fingerprint density at radius 1 is 1.32 bits per heavy atom. The first-order valence-corrected chi connectivity index (χ1v) is 7.35. The molecule has 1 rings (SSSR count). The molecular weight excluding hydrogens is 306 g/mol. The fraction of sp³-hybridized carbons (Fsp3) is 0.533. The Balaban J connectivity index is 2.51. The predicted molar refractivity (Wildman–Crippen MR) is 81.0 cm³/mol. The molecule has 1 amide bonds. The zero-order valence-electron chi connectivity index (χ0n) is 11.8. The van der Waals surface area contributed by atoms with Crippen LogP contribution in [0, 0.1) is 0 Å². The molecular formula is C15H22BrNO2. The van der Waals surface area contributed by atoms with Gasteiger partial charge in [-0.3, -0.25) is 4.79 Å². The van der Waals surface area contributed by atoms with Gasteiger partial charge in [-0.15, -0.1) is 0 Å². The number of aryl methyl sites for hydroxylation is 1. The second kappa shape index (κ2) is 7.06. The van der Waals surface area contributed by atoms with E-state index < -0.39 is 5.60 Å². The number of nitrogens with zero attached hydrogens (tertiary/aromatic N) is 1. The van der Waals surface area contributed by atoms with Crippen molar-refractivity contribution in [2.24, 2.45) is 0 Å². The van der Waals surface area contributed by atoms with Gasteiger partial charge in [-0.2, -0.15) is 0 Å². The van der Waals surface area contributed by atoms with Crippen molar-refractivity contribution in [3.8, 4) is 0 Å². The molecule has 0 spiro atoms. The summed E-state index contributed by atoms with van der Waals surface area (Å²) in [6.07, 6.45) is 1.21. The summed E-state index contributed by atoms with van der Waals surface area (Å²) >= 11 is 3.39. The minimum Gasteiger partial charge on any atom is -0.389 e. The molecule has 3 nitrogen and oxygen atoms in total. The zero-order chi connectivity index (χ0) is 14.5. The van der Waals surface area contributed by atoms with Gasteiger partial charge in [-0.1, -0.05) is 28.1 Å². The number of carbonyl (C=O) groups excluding carboxylic acids is 1. The third-order valence-corrected chi connectivity index (χ3v) is 3.38. The molecule has 19 heavy (non-hydrogen) atoms. The molecule has 1 N–H and O–H groups in total. The van der Waals surface area contributed by atoms with Crippen molar-refractivity contribution in [1.29, 1.82) is 0 Å². The highest BCUT2D eigenvalue weighted by molar-refractivity contribution is 9.10. The molecule has 4 heteroatoms. The topological polar surface area (TPSA) is 40.5 Å². The molecule has 0 radical (unpaired) electrons. The first-order chi connectivity index (χ1) is 8.81. The number of rotatable bonds is 6. The van der Waals surface area contributed by atoms with E-state index in [-0.39, 0.29) is 5.91 Å². The SMILES string of the molecule is CCN(CC(C)(C)O)C(=O)CCc1ccc(Br)cc1. The molecule has 1 aromatic carbocycles. The number of hydrogen-bond acceptors (Lipinski definition) is 2. The highest BCUT2D eigenvalue weighted by Crippen LogP contribution is 2.13. The van der Waals surface area contributed by atoms with E-state index in [1.165, 1.54) is 0 Å². The van der Waals surface area contributed by atoms with Crippen molar-refractivity contribution in [3.63, 3.8) is 0 Å². The molecule has 0 unspecified atom stereocenters. The van der Waals surface area contributed by atoms with Crippen LogP contribution in [0.15, 0.2) is 28.7 Å². The quantitative estimate of drug-likeness (QED) is 0.872. The second-order valence-corrected chi connectivity index (χ2v) is 6.26. The van der Waals surface area contributed by atoms with Gasteiger partial charge in [-0.25, -0.2) is 0 Å². The van der Waals surface area contributed by atoms with Crippen molar-refractivity contribution in [1.82, 2.24) is 4.90 Å². The molecule has 0 aromatic heterocycles. The van der Waals surface area contributed by atoms with Gasteiger partial charge >= 0.3 is 0 Å². The van der Waals surface area contributed by atoms with Gasteiger partial charge < -0.3 is 10.0 Å². The fourth-order valence-electron chi connectivity index (χ4n) is 1.90. The Morgan fingerprint density at radius 2 is 1.89 bits per heavy atom. The molecule has 0 saturated heterocycles. The summed E-state index contributed by atoms with van der Waals surface area (Å²) in [6, 6.07) is 8.00. The molecule has 0 atom stereocenters. The van der Waals surface area contributed by atoms with Crippen LogP contribution in [-0.2, 0) is 11.2 Å². The Morgan fingerprint density at radius 3 is 2.37 bits per heavy atom. The third-order valence-electron chi connectivity index (χ3n) is 2.85. The van der Waals surface area contributed by atoms with Crippen LogP contribution in [0.2, 0.25) is 0 Å². The van der Waals surface area contributed by atoms with Crippen LogP contribution in [0.4, 0.5) is 0 Å². The zero-order valence-corrected chi connectivity index (χ0v) is 13.4. The van der Waals surface area contributed by atoms with Gasteiger partial charge in [-0.05, 0) is 44.9 Å². The van der Waals surface area contributed by atoms with Crippen LogP contribution >= 0.6 is 15.9 Å². The molecule has 1 aromatic rings. The average Bonchev–Trinajstić information content (AvgIpc) is 2.34. The van der Waals surface area contributed by atoms with Gasteiger partial charge in [0.15, 0.2) is 0 Å². The number of benzene rings is 1. The van der Waals surface area contributed by atoms with Gasteiger partial charge in [0, 0.05) is 24.0 Å². The van der Waals surface area contributed by atoms with E-state index in [0.717, 1.165) is 16.5 Å². The Bertz CT molecular complexity index is 409. The highest BCUT2D eigenvalue weighted by atomic mass is 79.9. The van der Waals surface area contributed by atoms with E-state index in [0.29, 0.717) is 19.5 Å². The Hall–Kier alpha value is -0.870. The van der Waals surface area contributed by atoms with Gasteiger partial charge in [0.2, 0.25) is 5.91 Å². The van der Waals surface area contributed by atoms with Gasteiger partial charge in [0.05, 0.1) is 5.60 Å². The lowest BCUT2D eigenvalue weighted by Crippen LogP contribution is -2.42. The minimum atomic E-state index is -0.844. The normalized spacial score (nSPS) is 11.4. The third kappa shape index (κ3) is 6.21. The number of carbonyl (C=O) groups is 1. The monoisotopic (exact) mass is 327 g/mol. The van der Waals surface area contributed by atoms with E-state index in [4.69, 9.17) is 0 Å². The number of amides is 1. The van der Waals surface area contributed by atoms with Crippen molar-refractivity contribution in [2.45, 2.75) is 39.2 Å². The lowest BCUT2D eigenvalue weighted by Gasteiger charge is -2.28. The van der Waals surface area contributed by atoms with E-state index >= 15 is 0 Å². The van der Waals surface area contributed by atoms with Crippen LogP contribution in [0.1, 0.15) is 32.8 Å². The number of hydrogen-bond donors (Lipinski definition) is 1. The summed E-state index contributed by atoms with van der Waals surface area (Å²) in [5, 5.41) is 9.78. The molecule has 0 aliphatic heterocycles. The first-order valence-electron chi connectivity index (χ1n) is 6.56. The van der Waals surface area contributed by atoms with Crippen LogP contribution in [0.25, 0.3) is 0 Å². The lowest BCUT2D eigenvalue weighted by molar-refractivity contribution is -0.133. The Labute approximate surface area is 123 Å². The maximum atomic E-state index is 12.1. The maximum absolute atomic E-state index is 12.1. The first kappa shape index (κ1) is 16.2. The second-order valence-electron chi connectivity index (χ2n) is 5.35. The number of halogens is 1. The summed E-state index contributed by atoms with van der Waals surface area (Å²) in [7, 11) is 0. The largest absolute Gasteiger partial charge is 0.389 e. The number of likely N-dealkylation sites (N-methyl/N-ethyl adjacent to an activating group) is 1. The van der Waals surface area contributed by atoms with E-state index in [1.807, 2.05) is 31.2 Å². The molecule has 0 saturated carbocycles. The molecule has 0 aliphatic carbocycles. The Kier molecular flexibility index (Phi) is 6.01. The molecule has 0 fully saturated rings. The van der Waals surface area contributed by atoms with Crippen LogP contribution in [0.3, 0.4) is 0 Å². The average molecular weight is 328 g/mol. The highest BCUT2D eigenvalue weighted by Gasteiger charge is 2.20. The summed E-state index contributed by atoms with van der Waals surface area (Å²) in [6.45, 7) is 6.38. The maximum Gasteiger partial charge on any atom is 0.222 e. The van der Waals surface area contributed by atoms with Crippen molar-refractivity contribution < 1.29 is 9.90 Å². The summed E-state index contributed by atoms with van der Waals surface area (Å²) in [5.41, 5.74) is 0.305. The van der Waals surface area contributed by atoms with E-state index in [2.05, 4.69) is 15.9 Å². The van der Waals surface area contributed by atoms with Crippen molar-refractivity contribution >= 4 is 21.8 Å². The minimum absolute atomic E-state index is 0.0903. The standard InChI is InChI=1S/C15H22BrNO2/c1-4-17(11-15(2,3)19)14(18)10-7-12-5-8-13(16)9-6-12/h5-6,8-9,19H,4,7,10-11H2,1-3H3. The predicted octanol–water partition coefficient (Wildman–Crippen LogP) is 3.00. The van der Waals surface area contributed by atoms with E-state index in [9.17, 15) is 9.90 Å².